The Hall–Kier alpha value is -1.11. The van der Waals surface area contributed by atoms with Crippen molar-refractivity contribution in [2.24, 2.45) is 11.8 Å². The number of amides is 1. The summed E-state index contributed by atoms with van der Waals surface area (Å²) in [6, 6.07) is 6.98. The van der Waals surface area contributed by atoms with E-state index in [1.165, 1.54) is 4.31 Å². The molecule has 5 nitrogen and oxygen atoms in total. The molecule has 0 aliphatic carbocycles. The molecule has 1 fully saturated rings. The van der Waals surface area contributed by atoms with Crippen LogP contribution in [-0.4, -0.2) is 38.3 Å². The van der Waals surface area contributed by atoms with Crippen LogP contribution in [0.1, 0.15) is 32.3 Å². The SMILES string of the molecule is CC(C)CNC(=O)C1CCN(S(=O)(=O)Cc2ccccc2Cl)CC1. The van der Waals surface area contributed by atoms with E-state index in [2.05, 4.69) is 5.32 Å². The largest absolute Gasteiger partial charge is 0.356 e. The van der Waals surface area contributed by atoms with E-state index in [1.807, 2.05) is 13.8 Å². The summed E-state index contributed by atoms with van der Waals surface area (Å²) in [6.07, 6.45) is 1.12. The molecule has 1 N–H and O–H groups in total. The van der Waals surface area contributed by atoms with Crippen LogP contribution in [-0.2, 0) is 20.6 Å². The molecule has 134 valence electrons. The minimum Gasteiger partial charge on any atom is -0.356 e. The summed E-state index contributed by atoms with van der Waals surface area (Å²) in [5, 5.41) is 3.39. The molecule has 1 aliphatic heterocycles. The van der Waals surface area contributed by atoms with E-state index in [0.717, 1.165) is 0 Å². The number of nitrogens with zero attached hydrogens (tertiary/aromatic N) is 1. The molecular formula is C17H25ClN2O3S. The monoisotopic (exact) mass is 372 g/mol. The summed E-state index contributed by atoms with van der Waals surface area (Å²) in [6.45, 7) is 5.51. The smallest absolute Gasteiger partial charge is 0.223 e. The zero-order valence-electron chi connectivity index (χ0n) is 14.2. The highest BCUT2D eigenvalue weighted by atomic mass is 35.5. The summed E-state index contributed by atoms with van der Waals surface area (Å²) in [5.41, 5.74) is 0.607. The normalized spacial score (nSPS) is 17.2. The molecule has 1 saturated heterocycles. The Morgan fingerprint density at radius 3 is 2.50 bits per heavy atom. The first-order valence-corrected chi connectivity index (χ1v) is 10.3. The Balaban J connectivity index is 1.91. The number of carbonyl (C=O) groups excluding carboxylic acids is 1. The van der Waals surface area contributed by atoms with Gasteiger partial charge in [-0.25, -0.2) is 12.7 Å². The van der Waals surface area contributed by atoms with Gasteiger partial charge in [0.1, 0.15) is 0 Å². The summed E-state index contributed by atoms with van der Waals surface area (Å²) in [5.74, 6) is 0.240. The Bertz CT molecular complexity index is 668. The molecule has 1 aromatic rings. The summed E-state index contributed by atoms with van der Waals surface area (Å²) in [4.78, 5) is 12.1. The van der Waals surface area contributed by atoms with Gasteiger partial charge < -0.3 is 5.32 Å². The minimum absolute atomic E-state index is 0.0341. The second kappa shape index (κ2) is 8.32. The van der Waals surface area contributed by atoms with Crippen molar-refractivity contribution in [3.63, 3.8) is 0 Å². The average molecular weight is 373 g/mol. The zero-order valence-corrected chi connectivity index (χ0v) is 15.7. The van der Waals surface area contributed by atoms with E-state index >= 15 is 0 Å². The first kappa shape index (κ1) is 19.2. The van der Waals surface area contributed by atoms with Gasteiger partial charge in [-0.3, -0.25) is 4.79 Å². The lowest BCUT2D eigenvalue weighted by atomic mass is 9.97. The topological polar surface area (TPSA) is 66.5 Å². The van der Waals surface area contributed by atoms with Gasteiger partial charge in [0.15, 0.2) is 0 Å². The van der Waals surface area contributed by atoms with E-state index in [1.54, 1.807) is 24.3 Å². The van der Waals surface area contributed by atoms with Crippen molar-refractivity contribution in [2.45, 2.75) is 32.4 Å². The molecule has 1 aliphatic rings. The molecule has 0 spiro atoms. The molecule has 24 heavy (non-hydrogen) atoms. The van der Waals surface area contributed by atoms with E-state index < -0.39 is 10.0 Å². The van der Waals surface area contributed by atoms with Crippen molar-refractivity contribution in [3.05, 3.63) is 34.9 Å². The summed E-state index contributed by atoms with van der Waals surface area (Å²) >= 11 is 6.06. The van der Waals surface area contributed by atoms with Gasteiger partial charge in [0, 0.05) is 30.6 Å². The molecule has 0 aromatic heterocycles. The molecule has 1 amide bonds. The number of rotatable bonds is 6. The Morgan fingerprint density at radius 2 is 1.92 bits per heavy atom. The number of hydrogen-bond donors (Lipinski definition) is 1. The highest BCUT2D eigenvalue weighted by molar-refractivity contribution is 7.88. The number of piperidine rings is 1. The van der Waals surface area contributed by atoms with Gasteiger partial charge in [-0.05, 0) is 30.4 Å². The number of carbonyl (C=O) groups is 1. The van der Waals surface area contributed by atoms with Crippen LogP contribution in [0.3, 0.4) is 0 Å². The molecule has 0 atom stereocenters. The van der Waals surface area contributed by atoms with Crippen molar-refractivity contribution >= 4 is 27.5 Å². The molecule has 0 saturated carbocycles. The van der Waals surface area contributed by atoms with E-state index in [4.69, 9.17) is 11.6 Å². The van der Waals surface area contributed by atoms with Crippen molar-refractivity contribution in [1.82, 2.24) is 9.62 Å². The second-order valence-electron chi connectivity index (χ2n) is 6.66. The number of nitrogens with one attached hydrogen (secondary N) is 1. The maximum Gasteiger partial charge on any atom is 0.223 e. The quantitative estimate of drug-likeness (QED) is 0.834. The number of benzene rings is 1. The van der Waals surface area contributed by atoms with E-state index in [9.17, 15) is 13.2 Å². The molecule has 0 bridgehead atoms. The Morgan fingerprint density at radius 1 is 1.29 bits per heavy atom. The van der Waals surface area contributed by atoms with Crippen LogP contribution in [0.15, 0.2) is 24.3 Å². The van der Waals surface area contributed by atoms with Crippen LogP contribution in [0.25, 0.3) is 0 Å². The molecule has 0 unspecified atom stereocenters. The van der Waals surface area contributed by atoms with Crippen LogP contribution >= 0.6 is 11.6 Å². The first-order valence-electron chi connectivity index (χ1n) is 8.28. The van der Waals surface area contributed by atoms with Crippen molar-refractivity contribution in [2.75, 3.05) is 19.6 Å². The van der Waals surface area contributed by atoms with E-state index in [0.29, 0.717) is 49.0 Å². The predicted octanol–water partition coefficient (Wildman–Crippen LogP) is 2.65. The van der Waals surface area contributed by atoms with Gasteiger partial charge in [-0.15, -0.1) is 0 Å². The highest BCUT2D eigenvalue weighted by Crippen LogP contribution is 2.24. The van der Waals surface area contributed by atoms with E-state index in [-0.39, 0.29) is 17.6 Å². The van der Waals surface area contributed by atoms with Gasteiger partial charge in [-0.2, -0.15) is 0 Å². The van der Waals surface area contributed by atoms with Crippen LogP contribution in [0.5, 0.6) is 0 Å². The fourth-order valence-electron chi connectivity index (χ4n) is 2.75. The molecule has 2 rings (SSSR count). The van der Waals surface area contributed by atoms with Crippen LogP contribution in [0.4, 0.5) is 0 Å². The van der Waals surface area contributed by atoms with Gasteiger partial charge in [0.2, 0.25) is 15.9 Å². The summed E-state index contributed by atoms with van der Waals surface area (Å²) in [7, 11) is -3.42. The zero-order chi connectivity index (χ0) is 17.7. The standard InChI is InChI=1S/C17H25ClN2O3S/c1-13(2)11-19-17(21)14-7-9-20(10-8-14)24(22,23)12-15-5-3-4-6-16(15)18/h3-6,13-14H,7-12H2,1-2H3,(H,19,21). The molecule has 1 heterocycles. The molecule has 1 aromatic carbocycles. The molecule has 0 radical (unpaired) electrons. The Labute approximate surface area is 149 Å². The lowest BCUT2D eigenvalue weighted by molar-refractivity contribution is -0.126. The number of sulfonamides is 1. The van der Waals surface area contributed by atoms with Crippen LogP contribution in [0, 0.1) is 11.8 Å². The third-order valence-electron chi connectivity index (χ3n) is 4.20. The highest BCUT2D eigenvalue weighted by Gasteiger charge is 2.31. The van der Waals surface area contributed by atoms with Crippen LogP contribution < -0.4 is 5.32 Å². The minimum atomic E-state index is -3.42. The second-order valence-corrected chi connectivity index (χ2v) is 9.04. The van der Waals surface area contributed by atoms with Crippen LogP contribution in [0.2, 0.25) is 5.02 Å². The fraction of sp³-hybridized carbons (Fsp3) is 0.588. The summed E-state index contributed by atoms with van der Waals surface area (Å²) < 4.78 is 26.6. The van der Waals surface area contributed by atoms with Gasteiger partial charge in [-0.1, -0.05) is 43.6 Å². The van der Waals surface area contributed by atoms with Gasteiger partial charge in [0.05, 0.1) is 5.75 Å². The lowest BCUT2D eigenvalue weighted by Gasteiger charge is -2.30. The van der Waals surface area contributed by atoms with Gasteiger partial charge in [0.25, 0.3) is 0 Å². The average Bonchev–Trinajstić information content (AvgIpc) is 2.54. The maximum absolute atomic E-state index is 12.6. The first-order chi connectivity index (χ1) is 11.3. The van der Waals surface area contributed by atoms with Crippen molar-refractivity contribution in [3.8, 4) is 0 Å². The Kier molecular flexibility index (Phi) is 6.66. The third kappa shape index (κ3) is 5.19. The maximum atomic E-state index is 12.6. The third-order valence-corrected chi connectivity index (χ3v) is 6.39. The lowest BCUT2D eigenvalue weighted by Crippen LogP contribution is -2.43. The number of halogens is 1. The molecule has 7 heteroatoms. The molecular weight excluding hydrogens is 348 g/mol. The number of hydrogen-bond acceptors (Lipinski definition) is 3. The van der Waals surface area contributed by atoms with Crippen molar-refractivity contribution in [1.29, 1.82) is 0 Å². The van der Waals surface area contributed by atoms with Crippen molar-refractivity contribution < 1.29 is 13.2 Å². The van der Waals surface area contributed by atoms with Gasteiger partial charge >= 0.3 is 0 Å². The fourth-order valence-corrected chi connectivity index (χ4v) is 4.62. The predicted molar refractivity (Wildman–Crippen MR) is 96.2 cm³/mol.